The lowest BCUT2D eigenvalue weighted by molar-refractivity contribution is -0.150. The minimum Gasteiger partial charge on any atom is -0.466 e. The van der Waals surface area contributed by atoms with Gasteiger partial charge >= 0.3 is 12.1 Å². The van der Waals surface area contributed by atoms with Crippen LogP contribution in [0, 0.1) is 0 Å². The van der Waals surface area contributed by atoms with Gasteiger partial charge in [0.25, 0.3) is 0 Å². The van der Waals surface area contributed by atoms with Gasteiger partial charge in [0.15, 0.2) is 0 Å². The molecule has 0 spiro atoms. The number of hydrogen-bond acceptors (Lipinski definition) is 3. The predicted molar refractivity (Wildman–Crippen MR) is 65.8 cm³/mol. The van der Waals surface area contributed by atoms with E-state index in [1.807, 2.05) is 0 Å². The van der Waals surface area contributed by atoms with E-state index in [-0.39, 0.29) is 19.4 Å². The lowest BCUT2D eigenvalue weighted by Crippen LogP contribution is -2.36. The third-order valence-electron chi connectivity index (χ3n) is 2.45. The Morgan fingerprint density at radius 3 is 2.47 bits per heavy atom. The Morgan fingerprint density at radius 2 is 1.95 bits per heavy atom. The molecule has 1 unspecified atom stereocenters. The van der Waals surface area contributed by atoms with Crippen LogP contribution in [-0.4, -0.2) is 24.8 Å². The molecule has 0 heterocycles. The number of esters is 1. The summed E-state index contributed by atoms with van der Waals surface area (Å²) in [5.74, 6) is -0.619. The third-order valence-corrected chi connectivity index (χ3v) is 2.45. The number of alkyl halides is 3. The maximum absolute atomic E-state index is 12.8. The van der Waals surface area contributed by atoms with Crippen LogP contribution in [0.4, 0.5) is 18.9 Å². The van der Waals surface area contributed by atoms with Gasteiger partial charge in [-0.25, -0.2) is 0 Å². The summed E-state index contributed by atoms with van der Waals surface area (Å²) in [6.45, 7) is 1.78. The van der Waals surface area contributed by atoms with E-state index in [2.05, 4.69) is 10.1 Å². The van der Waals surface area contributed by atoms with Crippen molar-refractivity contribution in [3.8, 4) is 0 Å². The third kappa shape index (κ3) is 5.63. The Labute approximate surface area is 109 Å². The molecule has 6 heteroatoms. The highest BCUT2D eigenvalue weighted by molar-refractivity contribution is 5.69. The highest BCUT2D eigenvalue weighted by atomic mass is 19.4. The van der Waals surface area contributed by atoms with E-state index >= 15 is 0 Å². The van der Waals surface area contributed by atoms with Crippen molar-refractivity contribution >= 4 is 11.7 Å². The number of carbonyl (C=O) groups is 1. The Morgan fingerprint density at radius 1 is 1.32 bits per heavy atom. The van der Waals surface area contributed by atoms with Gasteiger partial charge in [-0.1, -0.05) is 18.2 Å². The molecule has 0 fully saturated rings. The minimum absolute atomic E-state index is 0.168. The fourth-order valence-electron chi connectivity index (χ4n) is 1.55. The molecule has 0 saturated carbocycles. The van der Waals surface area contributed by atoms with E-state index in [0.29, 0.717) is 5.69 Å². The summed E-state index contributed by atoms with van der Waals surface area (Å²) in [4.78, 5) is 11.1. The van der Waals surface area contributed by atoms with Crippen LogP contribution in [0.5, 0.6) is 0 Å². The van der Waals surface area contributed by atoms with E-state index in [1.165, 1.54) is 0 Å². The van der Waals surface area contributed by atoms with Crippen LogP contribution >= 0.6 is 0 Å². The van der Waals surface area contributed by atoms with Gasteiger partial charge in [0, 0.05) is 12.1 Å². The van der Waals surface area contributed by atoms with Crippen LogP contribution in [0.3, 0.4) is 0 Å². The number of rotatable bonds is 6. The fraction of sp³-hybridized carbons (Fsp3) is 0.462. The molecule has 1 N–H and O–H groups in total. The van der Waals surface area contributed by atoms with Crippen molar-refractivity contribution in [1.82, 2.24) is 0 Å². The maximum atomic E-state index is 12.8. The lowest BCUT2D eigenvalue weighted by atomic mass is 10.1. The highest BCUT2D eigenvalue weighted by Gasteiger charge is 2.39. The lowest BCUT2D eigenvalue weighted by Gasteiger charge is -2.22. The number of benzene rings is 1. The monoisotopic (exact) mass is 275 g/mol. The number of carbonyl (C=O) groups excluding carboxylic acids is 1. The van der Waals surface area contributed by atoms with Crippen LogP contribution in [0.15, 0.2) is 30.3 Å². The summed E-state index contributed by atoms with van der Waals surface area (Å²) in [5, 5.41) is 2.38. The van der Waals surface area contributed by atoms with Crippen LogP contribution in [-0.2, 0) is 9.53 Å². The van der Waals surface area contributed by atoms with Crippen LogP contribution in [0.1, 0.15) is 19.8 Å². The molecule has 0 bridgehead atoms. The quantitative estimate of drug-likeness (QED) is 0.809. The molecule has 0 aliphatic carbocycles. The summed E-state index contributed by atoms with van der Waals surface area (Å²) in [7, 11) is 0. The average molecular weight is 275 g/mol. The van der Waals surface area contributed by atoms with Crippen LogP contribution in [0.25, 0.3) is 0 Å². The molecule has 1 aromatic carbocycles. The summed E-state index contributed by atoms with van der Waals surface area (Å²) in [6, 6.07) is 6.32. The van der Waals surface area contributed by atoms with Crippen molar-refractivity contribution in [2.24, 2.45) is 0 Å². The number of nitrogens with one attached hydrogen (secondary N) is 1. The predicted octanol–water partition coefficient (Wildman–Crippen LogP) is 3.37. The SMILES string of the molecule is CCOC(=O)CCC(Nc1ccccc1)C(F)(F)F. The van der Waals surface area contributed by atoms with E-state index in [9.17, 15) is 18.0 Å². The normalized spacial score (nSPS) is 12.8. The fourth-order valence-corrected chi connectivity index (χ4v) is 1.55. The van der Waals surface area contributed by atoms with Gasteiger partial charge in [0.05, 0.1) is 6.61 Å². The molecule has 0 aromatic heterocycles. The first-order chi connectivity index (χ1) is 8.93. The summed E-state index contributed by atoms with van der Waals surface area (Å²) < 4.78 is 43.1. The molecule has 0 aliphatic rings. The zero-order chi connectivity index (χ0) is 14.3. The van der Waals surface area contributed by atoms with Crippen molar-refractivity contribution in [2.75, 3.05) is 11.9 Å². The minimum atomic E-state index is -4.41. The molecule has 3 nitrogen and oxygen atoms in total. The van der Waals surface area contributed by atoms with Crippen molar-refractivity contribution in [3.63, 3.8) is 0 Å². The zero-order valence-electron chi connectivity index (χ0n) is 10.5. The van der Waals surface area contributed by atoms with Crippen molar-refractivity contribution < 1.29 is 22.7 Å². The Hall–Kier alpha value is -1.72. The molecule has 106 valence electrons. The maximum Gasteiger partial charge on any atom is 0.408 e. The van der Waals surface area contributed by atoms with Gasteiger partial charge in [-0.15, -0.1) is 0 Å². The van der Waals surface area contributed by atoms with Crippen molar-refractivity contribution in [2.45, 2.75) is 32.0 Å². The number of anilines is 1. The summed E-state index contributed by atoms with van der Waals surface area (Å²) in [6.07, 6.45) is -5.03. The Kier molecular flexibility index (Phi) is 5.66. The highest BCUT2D eigenvalue weighted by Crippen LogP contribution is 2.26. The van der Waals surface area contributed by atoms with Crippen molar-refractivity contribution in [3.05, 3.63) is 30.3 Å². The molecule has 0 aliphatic heterocycles. The van der Waals surface area contributed by atoms with Crippen LogP contribution in [0.2, 0.25) is 0 Å². The average Bonchev–Trinajstić information content (AvgIpc) is 2.34. The largest absolute Gasteiger partial charge is 0.466 e. The summed E-state index contributed by atoms with van der Waals surface area (Å²) in [5.41, 5.74) is 0.369. The van der Waals surface area contributed by atoms with Gasteiger partial charge in [-0.3, -0.25) is 4.79 Å². The van der Waals surface area contributed by atoms with E-state index in [4.69, 9.17) is 0 Å². The number of para-hydroxylation sites is 1. The van der Waals surface area contributed by atoms with Crippen molar-refractivity contribution in [1.29, 1.82) is 0 Å². The van der Waals surface area contributed by atoms with Gasteiger partial charge in [0.2, 0.25) is 0 Å². The van der Waals surface area contributed by atoms with E-state index in [0.717, 1.165) is 0 Å². The van der Waals surface area contributed by atoms with Gasteiger partial charge < -0.3 is 10.1 Å². The Bertz CT molecular complexity index is 393. The second kappa shape index (κ2) is 7.01. The molecule has 1 aromatic rings. The second-order valence-corrected chi connectivity index (χ2v) is 3.95. The van der Waals surface area contributed by atoms with E-state index < -0.39 is 18.2 Å². The zero-order valence-corrected chi connectivity index (χ0v) is 10.5. The first-order valence-corrected chi connectivity index (χ1v) is 5.97. The molecule has 1 atom stereocenters. The molecule has 1 rings (SSSR count). The number of hydrogen-bond donors (Lipinski definition) is 1. The van der Waals surface area contributed by atoms with Gasteiger partial charge in [-0.05, 0) is 25.5 Å². The molecule has 19 heavy (non-hydrogen) atoms. The smallest absolute Gasteiger partial charge is 0.408 e. The van der Waals surface area contributed by atoms with E-state index in [1.54, 1.807) is 37.3 Å². The molecule has 0 amide bonds. The van der Waals surface area contributed by atoms with Gasteiger partial charge in [-0.2, -0.15) is 13.2 Å². The van der Waals surface area contributed by atoms with Gasteiger partial charge in [0.1, 0.15) is 6.04 Å². The topological polar surface area (TPSA) is 38.3 Å². The molecular weight excluding hydrogens is 259 g/mol. The number of ether oxygens (including phenoxy) is 1. The molecule has 0 radical (unpaired) electrons. The first-order valence-electron chi connectivity index (χ1n) is 5.97. The molecular formula is C13H16F3NO2. The van der Waals surface area contributed by atoms with Crippen LogP contribution < -0.4 is 5.32 Å². The first kappa shape index (κ1) is 15.3. The standard InChI is InChI=1S/C13H16F3NO2/c1-2-19-12(18)9-8-11(13(14,15)16)17-10-6-4-3-5-7-10/h3-7,11,17H,2,8-9H2,1H3. The molecule has 0 saturated heterocycles. The Balaban J connectivity index is 2.61. The number of halogens is 3. The summed E-state index contributed by atoms with van der Waals surface area (Å²) >= 11 is 0. The second-order valence-electron chi connectivity index (χ2n) is 3.95.